The first-order valence-electron chi connectivity index (χ1n) is 9.17. The van der Waals surface area contributed by atoms with Crippen LogP contribution in [0.5, 0.6) is 0 Å². The molecule has 4 nitrogen and oxygen atoms in total. The molecule has 0 bridgehead atoms. The summed E-state index contributed by atoms with van der Waals surface area (Å²) in [5.74, 6) is 0.0111. The Morgan fingerprint density at radius 2 is 2.00 bits per heavy atom. The molecular formula is C22H19BrClN3OS. The van der Waals surface area contributed by atoms with Crippen molar-refractivity contribution >= 4 is 50.3 Å². The highest BCUT2D eigenvalue weighted by atomic mass is 79.9. The number of thiophene rings is 1. The third-order valence-corrected chi connectivity index (χ3v) is 7.35. The van der Waals surface area contributed by atoms with Crippen LogP contribution in [-0.4, -0.2) is 5.78 Å². The number of Topliss-reactive ketones (excluding diaryl/α,β-unsaturated/α-hetero) is 1. The van der Waals surface area contributed by atoms with Crippen LogP contribution in [0, 0.1) is 16.7 Å². The zero-order valence-electron chi connectivity index (χ0n) is 16.0. The van der Waals surface area contributed by atoms with Gasteiger partial charge >= 0.3 is 0 Å². The van der Waals surface area contributed by atoms with Crippen LogP contribution >= 0.6 is 38.9 Å². The highest BCUT2D eigenvalue weighted by Gasteiger charge is 2.45. The van der Waals surface area contributed by atoms with Crippen molar-refractivity contribution in [2.24, 2.45) is 11.1 Å². The third-order valence-electron chi connectivity index (χ3n) is 5.34. The lowest BCUT2D eigenvalue weighted by atomic mass is 9.69. The van der Waals surface area contributed by atoms with Gasteiger partial charge in [0.1, 0.15) is 5.82 Å². The maximum atomic E-state index is 13.3. The predicted octanol–water partition coefficient (Wildman–Crippen LogP) is 6.10. The van der Waals surface area contributed by atoms with Gasteiger partial charge in [-0.25, -0.2) is 0 Å². The molecule has 1 aromatic carbocycles. The van der Waals surface area contributed by atoms with Gasteiger partial charge < -0.3 is 5.73 Å². The summed E-state index contributed by atoms with van der Waals surface area (Å²) in [6.07, 6.45) is 1.14. The second-order valence-corrected chi connectivity index (χ2v) is 10.4. The molecule has 29 heavy (non-hydrogen) atoms. The van der Waals surface area contributed by atoms with E-state index >= 15 is 0 Å². The number of nitrogens with two attached hydrogens (primary N) is 1. The number of allylic oxidation sites excluding steroid dienone is 3. The number of rotatable bonds is 2. The first-order valence-corrected chi connectivity index (χ1v) is 11.2. The number of hydrogen-bond acceptors (Lipinski definition) is 5. The molecule has 0 saturated carbocycles. The number of carbonyl (C=O) groups excluding carboxylic acids is 1. The van der Waals surface area contributed by atoms with Crippen LogP contribution in [0.4, 0.5) is 5.69 Å². The lowest BCUT2D eigenvalue weighted by molar-refractivity contribution is -0.118. The lowest BCUT2D eigenvalue weighted by Gasteiger charge is -2.43. The third kappa shape index (κ3) is 3.52. The summed E-state index contributed by atoms with van der Waals surface area (Å²) in [5, 5.41) is 12.6. The fourth-order valence-corrected chi connectivity index (χ4v) is 5.85. The molecule has 1 atom stereocenters. The van der Waals surface area contributed by atoms with E-state index in [0.29, 0.717) is 34.8 Å². The number of nitriles is 1. The van der Waals surface area contributed by atoms with E-state index in [1.807, 2.05) is 28.5 Å². The summed E-state index contributed by atoms with van der Waals surface area (Å²) in [4.78, 5) is 16.1. The van der Waals surface area contributed by atoms with Crippen molar-refractivity contribution in [1.29, 1.82) is 5.26 Å². The van der Waals surface area contributed by atoms with Gasteiger partial charge in [0.05, 0.1) is 17.6 Å². The van der Waals surface area contributed by atoms with Crippen LogP contribution < -0.4 is 10.6 Å². The monoisotopic (exact) mass is 487 g/mol. The molecule has 0 amide bonds. The number of ketones is 1. The summed E-state index contributed by atoms with van der Waals surface area (Å²) >= 11 is 11.1. The van der Waals surface area contributed by atoms with E-state index in [0.717, 1.165) is 20.7 Å². The number of hydrogen-bond donors (Lipinski definition) is 1. The molecule has 7 heteroatoms. The minimum Gasteiger partial charge on any atom is -0.384 e. The maximum absolute atomic E-state index is 13.3. The zero-order valence-corrected chi connectivity index (χ0v) is 19.2. The SMILES string of the molecule is CC1(C)CC(=O)C2=C(C1)N(c1ccc(Cl)cc1)C(N)=C(C#N)C2c1cc(Br)cs1. The number of nitrogens with zero attached hydrogens (tertiary/aromatic N) is 2. The van der Waals surface area contributed by atoms with Gasteiger partial charge in [0.2, 0.25) is 0 Å². The van der Waals surface area contributed by atoms with Gasteiger partial charge in [0, 0.05) is 43.1 Å². The molecule has 4 rings (SSSR count). The standard InChI is InChI=1S/C22H19BrClN3OS/c1-22(2)8-16-20(17(28)9-22)19(18-7-12(23)11-29-18)15(10-25)21(26)27(16)14-5-3-13(24)4-6-14/h3-7,11,19H,8-9,26H2,1-2H3. The summed E-state index contributed by atoms with van der Waals surface area (Å²) in [6, 6.07) is 11.6. The molecule has 0 fully saturated rings. The second kappa shape index (κ2) is 7.32. The molecule has 0 radical (unpaired) electrons. The average Bonchev–Trinajstić information content (AvgIpc) is 3.07. The van der Waals surface area contributed by atoms with Crippen LogP contribution in [0.3, 0.4) is 0 Å². The van der Waals surface area contributed by atoms with Crippen LogP contribution in [-0.2, 0) is 4.79 Å². The fourth-order valence-electron chi connectivity index (χ4n) is 4.16. The maximum Gasteiger partial charge on any atom is 0.162 e. The highest BCUT2D eigenvalue weighted by molar-refractivity contribution is 9.10. The van der Waals surface area contributed by atoms with Crippen molar-refractivity contribution in [2.75, 3.05) is 4.90 Å². The first-order chi connectivity index (χ1) is 13.7. The van der Waals surface area contributed by atoms with Crippen molar-refractivity contribution in [3.63, 3.8) is 0 Å². The number of anilines is 1. The van der Waals surface area contributed by atoms with Gasteiger partial charge in [0.15, 0.2) is 5.78 Å². The van der Waals surface area contributed by atoms with Gasteiger partial charge in [-0.3, -0.25) is 9.69 Å². The Morgan fingerprint density at radius 1 is 1.31 bits per heavy atom. The van der Waals surface area contributed by atoms with Crippen molar-refractivity contribution in [2.45, 2.75) is 32.6 Å². The van der Waals surface area contributed by atoms with E-state index in [9.17, 15) is 10.1 Å². The second-order valence-electron chi connectivity index (χ2n) is 8.12. The first kappa shape index (κ1) is 20.2. The number of benzene rings is 1. The Balaban J connectivity index is 1.99. The average molecular weight is 489 g/mol. The molecule has 0 spiro atoms. The zero-order chi connectivity index (χ0) is 20.9. The van der Waals surface area contributed by atoms with E-state index in [4.69, 9.17) is 17.3 Å². The van der Waals surface area contributed by atoms with Crippen LogP contribution in [0.25, 0.3) is 0 Å². The minimum atomic E-state index is -0.432. The number of halogens is 2. The normalized spacial score (nSPS) is 21.3. The molecule has 2 aliphatic rings. The Labute approximate surface area is 187 Å². The van der Waals surface area contributed by atoms with Gasteiger partial charge in [0.25, 0.3) is 0 Å². The lowest BCUT2D eigenvalue weighted by Crippen LogP contribution is -2.42. The highest BCUT2D eigenvalue weighted by Crippen LogP contribution is 2.51. The quantitative estimate of drug-likeness (QED) is 0.554. The van der Waals surface area contributed by atoms with Crippen LogP contribution in [0.2, 0.25) is 5.02 Å². The molecule has 1 unspecified atom stereocenters. The van der Waals surface area contributed by atoms with E-state index in [2.05, 4.69) is 35.8 Å². The summed E-state index contributed by atoms with van der Waals surface area (Å²) in [7, 11) is 0. The number of carbonyl (C=O) groups is 1. The van der Waals surface area contributed by atoms with E-state index in [1.165, 1.54) is 11.3 Å². The predicted molar refractivity (Wildman–Crippen MR) is 121 cm³/mol. The Morgan fingerprint density at radius 3 is 2.59 bits per heavy atom. The Bertz CT molecular complexity index is 1110. The van der Waals surface area contributed by atoms with Crippen LogP contribution in [0.1, 0.15) is 37.5 Å². The van der Waals surface area contributed by atoms with Gasteiger partial charge in [-0.2, -0.15) is 5.26 Å². The van der Waals surface area contributed by atoms with Gasteiger partial charge in [-0.05, 0) is 58.1 Å². The van der Waals surface area contributed by atoms with Gasteiger partial charge in [-0.1, -0.05) is 25.4 Å². The van der Waals surface area contributed by atoms with Crippen LogP contribution in [0.15, 0.2) is 62.8 Å². The van der Waals surface area contributed by atoms with Crippen molar-refractivity contribution < 1.29 is 4.79 Å². The topological polar surface area (TPSA) is 70.1 Å². The molecule has 1 aromatic heterocycles. The van der Waals surface area contributed by atoms with E-state index in [-0.39, 0.29) is 11.2 Å². The fraction of sp³-hybridized carbons (Fsp3) is 0.273. The molecular weight excluding hydrogens is 470 g/mol. The van der Waals surface area contributed by atoms with Gasteiger partial charge in [-0.15, -0.1) is 11.3 Å². The molecule has 1 aliphatic carbocycles. The molecule has 2 N–H and O–H groups in total. The summed E-state index contributed by atoms with van der Waals surface area (Å²) in [6.45, 7) is 4.18. The largest absolute Gasteiger partial charge is 0.384 e. The van der Waals surface area contributed by atoms with Crippen molar-refractivity contribution in [1.82, 2.24) is 0 Å². The minimum absolute atomic E-state index is 0.0741. The molecule has 1 aliphatic heterocycles. The molecule has 2 aromatic rings. The Hall–Kier alpha value is -2.07. The van der Waals surface area contributed by atoms with E-state index < -0.39 is 5.92 Å². The molecule has 2 heterocycles. The molecule has 148 valence electrons. The smallest absolute Gasteiger partial charge is 0.162 e. The summed E-state index contributed by atoms with van der Waals surface area (Å²) in [5.41, 5.74) is 9.14. The summed E-state index contributed by atoms with van der Waals surface area (Å²) < 4.78 is 0.930. The Kier molecular flexibility index (Phi) is 5.10. The van der Waals surface area contributed by atoms with E-state index in [1.54, 1.807) is 12.1 Å². The molecule has 0 saturated heterocycles. The van der Waals surface area contributed by atoms with Crippen molar-refractivity contribution in [3.05, 3.63) is 72.7 Å². The van der Waals surface area contributed by atoms with Crippen molar-refractivity contribution in [3.8, 4) is 6.07 Å².